The van der Waals surface area contributed by atoms with Crippen molar-refractivity contribution >= 4 is 17.8 Å². The molecule has 2 rings (SSSR count). The van der Waals surface area contributed by atoms with Gasteiger partial charge in [0.05, 0.1) is 5.56 Å². The molecule has 6 heteroatoms. The summed E-state index contributed by atoms with van der Waals surface area (Å²) in [5.41, 5.74) is 7.65. The van der Waals surface area contributed by atoms with Gasteiger partial charge in [0.15, 0.2) is 6.61 Å². The van der Waals surface area contributed by atoms with Gasteiger partial charge in [0.25, 0.3) is 5.91 Å². The maximum atomic E-state index is 12.1. The monoisotopic (exact) mass is 318 g/mol. The standard InChI is InChI=1S/C17H22N2O4/c1-11-7-12(2)9-14(8-11)17(22)23-10-15(20)19-5-3-13(4-6-19)16(18)21/h7-9,13H,3-6,10H2,1-2H3,(H2,18,21). The normalized spacial score (nSPS) is 15.3. The van der Waals surface area contributed by atoms with Crippen LogP contribution < -0.4 is 5.73 Å². The molecule has 0 saturated carbocycles. The van der Waals surface area contributed by atoms with Crippen molar-refractivity contribution in [2.24, 2.45) is 11.7 Å². The Kier molecular flexibility index (Phi) is 5.36. The van der Waals surface area contributed by atoms with E-state index in [1.807, 2.05) is 19.9 Å². The van der Waals surface area contributed by atoms with Crippen LogP contribution >= 0.6 is 0 Å². The minimum Gasteiger partial charge on any atom is -0.452 e. The molecule has 124 valence electrons. The van der Waals surface area contributed by atoms with Crippen molar-refractivity contribution < 1.29 is 19.1 Å². The number of nitrogens with zero attached hydrogens (tertiary/aromatic N) is 1. The highest BCUT2D eigenvalue weighted by Crippen LogP contribution is 2.17. The Morgan fingerprint density at radius 2 is 1.70 bits per heavy atom. The molecule has 0 bridgehead atoms. The van der Waals surface area contributed by atoms with E-state index in [9.17, 15) is 14.4 Å². The van der Waals surface area contributed by atoms with Gasteiger partial charge in [-0.3, -0.25) is 9.59 Å². The second-order valence-corrected chi connectivity index (χ2v) is 6.01. The zero-order chi connectivity index (χ0) is 17.0. The van der Waals surface area contributed by atoms with Gasteiger partial charge in [-0.1, -0.05) is 17.2 Å². The number of piperidine rings is 1. The van der Waals surface area contributed by atoms with Crippen molar-refractivity contribution in [3.8, 4) is 0 Å². The molecule has 1 fully saturated rings. The molecule has 23 heavy (non-hydrogen) atoms. The van der Waals surface area contributed by atoms with E-state index in [4.69, 9.17) is 10.5 Å². The van der Waals surface area contributed by atoms with Crippen molar-refractivity contribution in [2.45, 2.75) is 26.7 Å². The first kappa shape index (κ1) is 17.0. The summed E-state index contributed by atoms with van der Waals surface area (Å²) in [5, 5.41) is 0. The predicted octanol–water partition coefficient (Wildman–Crippen LogP) is 1.18. The quantitative estimate of drug-likeness (QED) is 0.844. The second kappa shape index (κ2) is 7.26. The maximum absolute atomic E-state index is 12.1. The third-order valence-electron chi connectivity index (χ3n) is 4.03. The number of carbonyl (C=O) groups is 3. The molecule has 1 aliphatic heterocycles. The number of benzene rings is 1. The largest absolute Gasteiger partial charge is 0.452 e. The van der Waals surface area contributed by atoms with E-state index in [0.717, 1.165) is 11.1 Å². The second-order valence-electron chi connectivity index (χ2n) is 6.01. The number of ether oxygens (including phenoxy) is 1. The van der Waals surface area contributed by atoms with E-state index in [-0.39, 0.29) is 24.3 Å². The van der Waals surface area contributed by atoms with E-state index in [0.29, 0.717) is 31.5 Å². The van der Waals surface area contributed by atoms with Crippen LogP contribution in [0.3, 0.4) is 0 Å². The number of aryl methyl sites for hydroxylation is 2. The van der Waals surface area contributed by atoms with E-state index >= 15 is 0 Å². The molecular weight excluding hydrogens is 296 g/mol. The fourth-order valence-electron chi connectivity index (χ4n) is 2.81. The molecule has 0 spiro atoms. The lowest BCUT2D eigenvalue weighted by Gasteiger charge is -2.30. The first-order chi connectivity index (χ1) is 10.9. The number of esters is 1. The minimum absolute atomic E-state index is 0.170. The number of hydrogen-bond acceptors (Lipinski definition) is 4. The summed E-state index contributed by atoms with van der Waals surface area (Å²) in [6.07, 6.45) is 1.12. The van der Waals surface area contributed by atoms with Crippen molar-refractivity contribution in [1.29, 1.82) is 0 Å². The smallest absolute Gasteiger partial charge is 0.338 e. The Labute approximate surface area is 135 Å². The van der Waals surface area contributed by atoms with Gasteiger partial charge in [0, 0.05) is 19.0 Å². The molecule has 1 heterocycles. The highest BCUT2D eigenvalue weighted by Gasteiger charge is 2.26. The van der Waals surface area contributed by atoms with Gasteiger partial charge in [-0.05, 0) is 38.8 Å². The van der Waals surface area contributed by atoms with Crippen LogP contribution in [0, 0.1) is 19.8 Å². The van der Waals surface area contributed by atoms with Crippen LogP contribution in [0.5, 0.6) is 0 Å². The van der Waals surface area contributed by atoms with E-state index < -0.39 is 5.97 Å². The molecule has 2 amide bonds. The molecule has 1 aromatic rings. The van der Waals surface area contributed by atoms with E-state index in [1.54, 1.807) is 17.0 Å². The predicted molar refractivity (Wildman–Crippen MR) is 84.7 cm³/mol. The lowest BCUT2D eigenvalue weighted by atomic mass is 9.96. The summed E-state index contributed by atoms with van der Waals surface area (Å²) in [6, 6.07) is 5.43. The van der Waals surface area contributed by atoms with Crippen LogP contribution in [0.15, 0.2) is 18.2 Å². The van der Waals surface area contributed by atoms with Gasteiger partial charge in [0.1, 0.15) is 0 Å². The molecule has 0 aliphatic carbocycles. The number of carbonyl (C=O) groups excluding carboxylic acids is 3. The van der Waals surface area contributed by atoms with Crippen molar-refractivity contribution in [3.05, 3.63) is 34.9 Å². The van der Waals surface area contributed by atoms with Crippen molar-refractivity contribution in [2.75, 3.05) is 19.7 Å². The molecule has 2 N–H and O–H groups in total. The summed E-state index contributed by atoms with van der Waals surface area (Å²) in [6.45, 7) is 4.45. The molecule has 1 aliphatic rings. The molecule has 1 aromatic carbocycles. The van der Waals surface area contributed by atoms with Gasteiger partial charge in [-0.25, -0.2) is 4.79 Å². The minimum atomic E-state index is -0.503. The van der Waals surface area contributed by atoms with Gasteiger partial charge in [-0.2, -0.15) is 0 Å². The molecule has 0 unspecified atom stereocenters. The number of amides is 2. The number of nitrogens with two attached hydrogens (primary N) is 1. The number of likely N-dealkylation sites (tertiary alicyclic amines) is 1. The van der Waals surface area contributed by atoms with Crippen molar-refractivity contribution in [3.63, 3.8) is 0 Å². The highest BCUT2D eigenvalue weighted by atomic mass is 16.5. The SMILES string of the molecule is Cc1cc(C)cc(C(=O)OCC(=O)N2CCC(C(N)=O)CC2)c1. The molecule has 1 saturated heterocycles. The van der Waals surface area contributed by atoms with Crippen molar-refractivity contribution in [1.82, 2.24) is 4.90 Å². The molecule has 0 atom stereocenters. The van der Waals surface area contributed by atoms with Gasteiger partial charge >= 0.3 is 5.97 Å². The Morgan fingerprint density at radius 3 is 2.22 bits per heavy atom. The third kappa shape index (κ3) is 4.55. The summed E-state index contributed by atoms with van der Waals surface area (Å²) in [5.74, 6) is -1.24. The lowest BCUT2D eigenvalue weighted by molar-refractivity contribution is -0.137. The van der Waals surface area contributed by atoms with Crippen LogP contribution in [0.1, 0.15) is 34.3 Å². The van der Waals surface area contributed by atoms with Crippen LogP contribution in [0.2, 0.25) is 0 Å². The van der Waals surface area contributed by atoms with Crippen LogP contribution in [-0.2, 0) is 14.3 Å². The van der Waals surface area contributed by atoms with E-state index in [1.165, 1.54) is 0 Å². The number of primary amides is 1. The van der Waals surface area contributed by atoms with Gasteiger partial charge in [-0.15, -0.1) is 0 Å². The molecule has 6 nitrogen and oxygen atoms in total. The maximum Gasteiger partial charge on any atom is 0.338 e. The van der Waals surface area contributed by atoms with Gasteiger partial charge in [0.2, 0.25) is 5.91 Å². The summed E-state index contributed by atoms with van der Waals surface area (Å²) in [4.78, 5) is 36.8. The topological polar surface area (TPSA) is 89.7 Å². The first-order valence-corrected chi connectivity index (χ1v) is 7.69. The average Bonchev–Trinajstić information content (AvgIpc) is 2.51. The Hall–Kier alpha value is -2.37. The Morgan fingerprint density at radius 1 is 1.13 bits per heavy atom. The summed E-state index contributed by atoms with van der Waals surface area (Å²) >= 11 is 0. The zero-order valence-electron chi connectivity index (χ0n) is 13.5. The average molecular weight is 318 g/mol. The Bertz CT molecular complexity index is 599. The van der Waals surface area contributed by atoms with E-state index in [2.05, 4.69) is 0 Å². The number of rotatable bonds is 4. The molecule has 0 aromatic heterocycles. The Balaban J connectivity index is 1.85. The first-order valence-electron chi connectivity index (χ1n) is 7.69. The van der Waals surface area contributed by atoms with Crippen LogP contribution in [0.25, 0.3) is 0 Å². The highest BCUT2D eigenvalue weighted by molar-refractivity contribution is 5.91. The molecular formula is C17H22N2O4. The van der Waals surface area contributed by atoms with Gasteiger partial charge < -0.3 is 15.4 Å². The third-order valence-corrected chi connectivity index (χ3v) is 4.03. The number of hydrogen-bond donors (Lipinski definition) is 1. The molecule has 0 radical (unpaired) electrons. The fraction of sp³-hybridized carbons (Fsp3) is 0.471. The zero-order valence-corrected chi connectivity index (χ0v) is 13.5. The lowest BCUT2D eigenvalue weighted by Crippen LogP contribution is -2.43. The summed E-state index contributed by atoms with van der Waals surface area (Å²) < 4.78 is 5.11. The summed E-state index contributed by atoms with van der Waals surface area (Å²) in [7, 11) is 0. The van der Waals surface area contributed by atoms with Crippen LogP contribution in [0.4, 0.5) is 0 Å². The fourth-order valence-corrected chi connectivity index (χ4v) is 2.81. The van der Waals surface area contributed by atoms with Crippen LogP contribution in [-0.4, -0.2) is 42.4 Å².